The van der Waals surface area contributed by atoms with Gasteiger partial charge in [-0.2, -0.15) is 13.7 Å². The first-order chi connectivity index (χ1) is 19.1. The van der Waals surface area contributed by atoms with Crippen LogP contribution in [0.5, 0.6) is 5.75 Å². The lowest BCUT2D eigenvalue weighted by Crippen LogP contribution is -2.15. The van der Waals surface area contributed by atoms with Gasteiger partial charge in [0, 0.05) is 22.3 Å². The van der Waals surface area contributed by atoms with Crippen molar-refractivity contribution in [3.63, 3.8) is 0 Å². The minimum Gasteiger partial charge on any atom is -0.358 e. The van der Waals surface area contributed by atoms with Crippen LogP contribution in [-0.2, 0) is 16.9 Å². The molecule has 0 bridgehead atoms. The van der Waals surface area contributed by atoms with Gasteiger partial charge in [0.1, 0.15) is 11.4 Å². The van der Waals surface area contributed by atoms with Crippen LogP contribution in [0, 0.1) is 17.2 Å². The molecule has 204 valence electrons. The van der Waals surface area contributed by atoms with Crippen molar-refractivity contribution in [2.75, 3.05) is 0 Å². The Hall–Kier alpha value is -4.16. The van der Waals surface area contributed by atoms with Crippen molar-refractivity contribution in [3.05, 3.63) is 75.9 Å². The van der Waals surface area contributed by atoms with E-state index in [1.165, 1.54) is 12.1 Å². The van der Waals surface area contributed by atoms with Gasteiger partial charge in [-0.25, -0.2) is 0 Å². The van der Waals surface area contributed by atoms with Crippen molar-refractivity contribution in [3.8, 4) is 22.9 Å². The van der Waals surface area contributed by atoms with E-state index in [0.717, 1.165) is 58.9 Å². The zero-order valence-electron chi connectivity index (χ0n) is 22.2. The molecule has 6 rings (SSSR count). The lowest BCUT2D eigenvalue weighted by atomic mass is 9.91. The smallest absolute Gasteiger partial charge is 0.358 e. The summed E-state index contributed by atoms with van der Waals surface area (Å²) in [5.41, 5.74) is 5.13. The van der Waals surface area contributed by atoms with Gasteiger partial charge >= 0.3 is 10.5 Å². The molecule has 0 saturated heterocycles. The van der Waals surface area contributed by atoms with Crippen LogP contribution in [0.2, 0.25) is 0 Å². The van der Waals surface area contributed by atoms with Crippen molar-refractivity contribution < 1.29 is 16.5 Å². The van der Waals surface area contributed by atoms with E-state index in [0.29, 0.717) is 28.3 Å². The van der Waals surface area contributed by atoms with Crippen LogP contribution in [0.25, 0.3) is 44.0 Å². The Bertz CT molecular complexity index is 2010. The van der Waals surface area contributed by atoms with Crippen molar-refractivity contribution in [2.24, 2.45) is 5.92 Å². The summed E-state index contributed by atoms with van der Waals surface area (Å²) in [5.74, 6) is 0.156. The SMILES string of the molecule is CC(C)Cc1cc2c(=O)c3c4ccc(C#N)cc4[nH]c3n(C3CCCC3)c2cc1-c1cccc(OS(=O)(=O)F)c1. The lowest BCUT2D eigenvalue weighted by Gasteiger charge is -2.22. The molecule has 9 heteroatoms. The zero-order valence-corrected chi connectivity index (χ0v) is 23.0. The first-order valence-electron chi connectivity index (χ1n) is 13.4. The van der Waals surface area contributed by atoms with Crippen LogP contribution in [0.3, 0.4) is 0 Å². The molecule has 1 aliphatic carbocycles. The van der Waals surface area contributed by atoms with E-state index in [1.807, 2.05) is 24.3 Å². The maximum atomic E-state index is 14.2. The first-order valence-corrected chi connectivity index (χ1v) is 14.7. The number of rotatable bonds is 6. The molecular formula is C31H28FN3O4S. The number of nitriles is 1. The van der Waals surface area contributed by atoms with Crippen molar-refractivity contribution >= 4 is 43.3 Å². The van der Waals surface area contributed by atoms with Gasteiger partial charge in [0.25, 0.3) is 0 Å². The molecule has 2 heterocycles. The maximum absolute atomic E-state index is 14.2. The Labute approximate surface area is 231 Å². The Kier molecular flexibility index (Phi) is 6.38. The molecule has 0 unspecified atom stereocenters. The summed E-state index contributed by atoms with van der Waals surface area (Å²) in [7, 11) is -5.18. The molecule has 2 aromatic heterocycles. The van der Waals surface area contributed by atoms with Gasteiger partial charge < -0.3 is 13.7 Å². The number of aromatic amines is 1. The fourth-order valence-electron chi connectivity index (χ4n) is 6.18. The fourth-order valence-corrected chi connectivity index (χ4v) is 6.52. The van der Waals surface area contributed by atoms with Crippen molar-refractivity contribution in [1.29, 1.82) is 5.26 Å². The number of pyridine rings is 1. The molecular weight excluding hydrogens is 529 g/mol. The highest BCUT2D eigenvalue weighted by molar-refractivity contribution is 7.81. The summed E-state index contributed by atoms with van der Waals surface area (Å²) in [4.78, 5) is 17.6. The molecule has 0 aliphatic heterocycles. The molecule has 1 aliphatic rings. The van der Waals surface area contributed by atoms with Gasteiger partial charge in [0.2, 0.25) is 0 Å². The highest BCUT2D eigenvalue weighted by Gasteiger charge is 2.25. The number of H-pyrrole nitrogens is 1. The van der Waals surface area contributed by atoms with Crippen molar-refractivity contribution in [2.45, 2.75) is 52.0 Å². The minimum atomic E-state index is -5.18. The fraction of sp³-hybridized carbons (Fsp3) is 0.290. The monoisotopic (exact) mass is 557 g/mol. The third kappa shape index (κ3) is 4.62. The zero-order chi connectivity index (χ0) is 28.2. The molecule has 0 amide bonds. The summed E-state index contributed by atoms with van der Waals surface area (Å²) in [6.45, 7) is 4.19. The number of hydrogen-bond donors (Lipinski definition) is 1. The number of aromatic nitrogens is 2. The van der Waals surface area contributed by atoms with E-state index in [9.17, 15) is 22.4 Å². The van der Waals surface area contributed by atoms with Gasteiger partial charge in [0.05, 0.1) is 22.5 Å². The first kappa shape index (κ1) is 26.1. The van der Waals surface area contributed by atoms with Crippen molar-refractivity contribution in [1.82, 2.24) is 9.55 Å². The summed E-state index contributed by atoms with van der Waals surface area (Å²) in [5, 5.41) is 11.5. The number of hydrogen-bond acceptors (Lipinski definition) is 5. The van der Waals surface area contributed by atoms with E-state index in [1.54, 1.807) is 18.2 Å². The summed E-state index contributed by atoms with van der Waals surface area (Å²) in [6, 6.07) is 18.0. The number of benzene rings is 3. The second kappa shape index (κ2) is 9.79. The number of nitrogens with one attached hydrogen (secondary N) is 1. The largest absolute Gasteiger partial charge is 0.488 e. The molecule has 40 heavy (non-hydrogen) atoms. The van der Waals surface area contributed by atoms with Gasteiger partial charge in [-0.3, -0.25) is 4.79 Å². The van der Waals surface area contributed by atoms with Crippen LogP contribution in [0.1, 0.15) is 56.7 Å². The van der Waals surface area contributed by atoms with E-state index < -0.39 is 10.5 Å². The van der Waals surface area contributed by atoms with E-state index in [2.05, 4.69) is 33.7 Å². The van der Waals surface area contributed by atoms with E-state index in [4.69, 9.17) is 0 Å². The summed E-state index contributed by atoms with van der Waals surface area (Å²) < 4.78 is 42.4. The topological polar surface area (TPSA) is 105 Å². The van der Waals surface area contributed by atoms with Crippen LogP contribution >= 0.6 is 0 Å². The van der Waals surface area contributed by atoms with Crippen LogP contribution in [-0.4, -0.2) is 18.0 Å². The van der Waals surface area contributed by atoms with Crippen LogP contribution < -0.4 is 9.61 Å². The van der Waals surface area contributed by atoms with Crippen LogP contribution in [0.4, 0.5) is 3.89 Å². The third-order valence-electron chi connectivity index (χ3n) is 7.76. The van der Waals surface area contributed by atoms with Gasteiger partial charge in [-0.15, -0.1) is 0 Å². The predicted octanol–water partition coefficient (Wildman–Crippen LogP) is 7.08. The Morgan fingerprint density at radius 2 is 1.88 bits per heavy atom. The average molecular weight is 558 g/mol. The van der Waals surface area contributed by atoms with Gasteiger partial charge in [0.15, 0.2) is 5.43 Å². The van der Waals surface area contributed by atoms with Gasteiger partial charge in [-0.1, -0.05) is 48.8 Å². The molecule has 1 saturated carbocycles. The molecule has 1 fully saturated rings. The minimum absolute atomic E-state index is 0.0765. The van der Waals surface area contributed by atoms with Crippen LogP contribution in [0.15, 0.2) is 59.4 Å². The standard InChI is InChI=1S/C31H28FN3O4S/c1-18(2)12-21-15-26-28(16-25(21)20-6-5-9-23(14-20)39-40(32,37)38)35(22-7-3-4-8-22)31-29(30(26)36)24-11-10-19(17-33)13-27(24)34-31/h5-6,9-11,13-16,18,22,34H,3-4,7-8,12H2,1-2H3. The van der Waals surface area contributed by atoms with E-state index in [-0.39, 0.29) is 23.1 Å². The maximum Gasteiger partial charge on any atom is 0.488 e. The molecule has 0 spiro atoms. The average Bonchev–Trinajstić information content (AvgIpc) is 3.56. The predicted molar refractivity (Wildman–Crippen MR) is 154 cm³/mol. The lowest BCUT2D eigenvalue weighted by molar-refractivity contribution is 0.440. The van der Waals surface area contributed by atoms with E-state index >= 15 is 0 Å². The Morgan fingerprint density at radius 1 is 1.10 bits per heavy atom. The highest BCUT2D eigenvalue weighted by atomic mass is 32.3. The number of nitrogens with zero attached hydrogens (tertiary/aromatic N) is 2. The second-order valence-electron chi connectivity index (χ2n) is 11.0. The Balaban J connectivity index is 1.71. The second-order valence-corrected chi connectivity index (χ2v) is 11.9. The summed E-state index contributed by atoms with van der Waals surface area (Å²) in [6.07, 6.45) is 4.82. The molecule has 0 radical (unpaired) electrons. The third-order valence-corrected chi connectivity index (χ3v) is 8.15. The number of halogens is 1. The Morgan fingerprint density at radius 3 is 2.58 bits per heavy atom. The molecule has 5 aromatic rings. The molecule has 0 atom stereocenters. The quantitative estimate of drug-likeness (QED) is 0.225. The number of fused-ring (bicyclic) bond motifs is 4. The molecule has 1 N–H and O–H groups in total. The normalized spacial score (nSPS) is 14.5. The van der Waals surface area contributed by atoms with Gasteiger partial charge in [-0.05, 0) is 78.3 Å². The molecule has 3 aromatic carbocycles. The summed E-state index contributed by atoms with van der Waals surface area (Å²) >= 11 is 0. The molecule has 7 nitrogen and oxygen atoms in total. The highest BCUT2D eigenvalue weighted by Crippen LogP contribution is 2.39.